The van der Waals surface area contributed by atoms with Gasteiger partial charge in [-0.1, -0.05) is 13.8 Å². The summed E-state index contributed by atoms with van der Waals surface area (Å²) in [4.78, 5) is 22.5. The second-order valence-corrected chi connectivity index (χ2v) is 7.78. The summed E-state index contributed by atoms with van der Waals surface area (Å²) in [6.07, 6.45) is -0.335. The van der Waals surface area contributed by atoms with Gasteiger partial charge >= 0.3 is 5.92 Å². The molecule has 1 aromatic carbocycles. The highest BCUT2D eigenvalue weighted by molar-refractivity contribution is 5.89. The number of aliphatic hydroxyl groups excluding tert-OH is 1. The van der Waals surface area contributed by atoms with E-state index < -0.39 is 28.7 Å². The van der Waals surface area contributed by atoms with Gasteiger partial charge in [0.15, 0.2) is 0 Å². The lowest BCUT2D eigenvalue weighted by Gasteiger charge is -2.59. The number of benzene rings is 1. The van der Waals surface area contributed by atoms with Crippen LogP contribution in [-0.2, 0) is 4.79 Å². The van der Waals surface area contributed by atoms with Crippen molar-refractivity contribution in [1.29, 1.82) is 0 Å². The molecule has 0 aromatic heterocycles. The Hall–Kier alpha value is -1.89. The first-order valence-electron chi connectivity index (χ1n) is 8.41. The van der Waals surface area contributed by atoms with E-state index in [0.29, 0.717) is 12.3 Å². The number of hydrogen-bond acceptors (Lipinski definition) is 4. The van der Waals surface area contributed by atoms with Crippen LogP contribution in [-0.4, -0.2) is 21.7 Å². The Balaban J connectivity index is 1.80. The van der Waals surface area contributed by atoms with Crippen LogP contribution in [0.5, 0.6) is 0 Å². The van der Waals surface area contributed by atoms with Gasteiger partial charge < -0.3 is 5.11 Å². The molecular formula is C18H21F2NO4. The first-order valence-corrected chi connectivity index (χ1v) is 8.41. The van der Waals surface area contributed by atoms with E-state index in [1.54, 1.807) is 0 Å². The van der Waals surface area contributed by atoms with Crippen LogP contribution in [0, 0.1) is 33.3 Å². The van der Waals surface area contributed by atoms with E-state index in [2.05, 4.69) is 0 Å². The van der Waals surface area contributed by atoms with Gasteiger partial charge in [-0.15, -0.1) is 0 Å². The molecular weight excluding hydrogens is 332 g/mol. The average Bonchev–Trinajstić information content (AvgIpc) is 2.60. The molecule has 4 unspecified atom stereocenters. The molecule has 4 atom stereocenters. The normalized spacial score (nSPS) is 28.8. The fraction of sp³-hybridized carbons (Fsp3) is 0.611. The van der Waals surface area contributed by atoms with Crippen LogP contribution in [0.3, 0.4) is 0 Å². The topological polar surface area (TPSA) is 80.4 Å². The Morgan fingerprint density at radius 3 is 2.40 bits per heavy atom. The maximum absolute atomic E-state index is 14.6. The van der Waals surface area contributed by atoms with Crippen molar-refractivity contribution >= 4 is 11.5 Å². The minimum Gasteiger partial charge on any atom is -0.382 e. The van der Waals surface area contributed by atoms with Gasteiger partial charge in [-0.05, 0) is 54.2 Å². The zero-order chi connectivity index (χ0) is 18.6. The van der Waals surface area contributed by atoms with E-state index >= 15 is 0 Å². The third kappa shape index (κ3) is 2.74. The molecule has 0 spiro atoms. The zero-order valence-corrected chi connectivity index (χ0v) is 14.1. The number of hydrogen-bond donors (Lipinski definition) is 1. The summed E-state index contributed by atoms with van der Waals surface area (Å²) in [6.45, 7) is 4.02. The van der Waals surface area contributed by atoms with E-state index in [1.165, 1.54) is 0 Å². The van der Waals surface area contributed by atoms with Crippen LogP contribution in [0.2, 0.25) is 0 Å². The summed E-state index contributed by atoms with van der Waals surface area (Å²) >= 11 is 0. The minimum atomic E-state index is -3.92. The quantitative estimate of drug-likeness (QED) is 0.643. The third-order valence-electron chi connectivity index (χ3n) is 6.29. The van der Waals surface area contributed by atoms with Gasteiger partial charge in [-0.2, -0.15) is 8.78 Å². The molecule has 136 valence electrons. The zero-order valence-electron chi connectivity index (χ0n) is 14.1. The number of aliphatic hydroxyl groups is 1. The van der Waals surface area contributed by atoms with Crippen LogP contribution in [0.4, 0.5) is 14.5 Å². The van der Waals surface area contributed by atoms with Crippen LogP contribution in [0.25, 0.3) is 0 Å². The van der Waals surface area contributed by atoms with Crippen molar-refractivity contribution in [2.75, 3.05) is 0 Å². The van der Waals surface area contributed by atoms with E-state index in [0.717, 1.165) is 37.1 Å². The Morgan fingerprint density at radius 2 is 1.92 bits per heavy atom. The smallest absolute Gasteiger partial charge is 0.334 e. The molecule has 3 saturated carbocycles. The number of ketones is 1. The molecule has 7 heteroatoms. The molecule has 1 N–H and O–H groups in total. The van der Waals surface area contributed by atoms with Gasteiger partial charge in [0.1, 0.15) is 6.10 Å². The molecule has 4 rings (SSSR count). The molecule has 0 radical (unpaired) electrons. The lowest BCUT2D eigenvalue weighted by Crippen LogP contribution is -2.57. The van der Waals surface area contributed by atoms with Crippen molar-refractivity contribution in [1.82, 2.24) is 0 Å². The standard InChI is InChI=1S/C18H21F2NO4/c1-17(2)11-5-8-13(14(17)9-11)16(23)18(19,20)15(22)10-3-6-12(7-4-10)21(24)25/h3-4,6-7,11,13-15,22H,5,8-9H2,1-2H3. The number of Topliss-reactive ketones (excluding diaryl/α,β-unsaturated/α-hetero) is 1. The van der Waals surface area contributed by atoms with Crippen LogP contribution in [0.15, 0.2) is 24.3 Å². The fourth-order valence-electron chi connectivity index (χ4n) is 4.49. The monoisotopic (exact) mass is 353 g/mol. The summed E-state index contributed by atoms with van der Waals surface area (Å²) in [5.74, 6) is -5.47. The summed E-state index contributed by atoms with van der Waals surface area (Å²) < 4.78 is 29.3. The molecule has 25 heavy (non-hydrogen) atoms. The summed E-state index contributed by atoms with van der Waals surface area (Å²) in [6, 6.07) is 4.21. The van der Waals surface area contributed by atoms with Gasteiger partial charge in [-0.25, -0.2) is 0 Å². The van der Waals surface area contributed by atoms with Gasteiger partial charge in [0, 0.05) is 18.1 Å². The Kier molecular flexibility index (Phi) is 4.18. The van der Waals surface area contributed by atoms with Crippen LogP contribution in [0.1, 0.15) is 44.8 Å². The number of non-ortho nitro benzene ring substituents is 1. The van der Waals surface area contributed by atoms with Crippen molar-refractivity contribution in [3.8, 4) is 0 Å². The highest BCUT2D eigenvalue weighted by atomic mass is 19.3. The first-order chi connectivity index (χ1) is 11.6. The number of carbonyl (C=O) groups excluding carboxylic acids is 1. The lowest BCUT2D eigenvalue weighted by atomic mass is 9.45. The summed E-state index contributed by atoms with van der Waals surface area (Å²) in [7, 11) is 0. The maximum Gasteiger partial charge on any atom is 0.334 e. The number of nitro benzene ring substituents is 1. The maximum atomic E-state index is 14.6. The molecule has 0 aliphatic heterocycles. The average molecular weight is 353 g/mol. The second kappa shape index (κ2) is 5.83. The number of alkyl halides is 2. The molecule has 3 aliphatic carbocycles. The lowest BCUT2D eigenvalue weighted by molar-refractivity contribution is -0.384. The molecule has 3 fully saturated rings. The van der Waals surface area contributed by atoms with Crippen molar-refractivity contribution in [3.05, 3.63) is 39.9 Å². The number of nitrogens with zero attached hydrogens (tertiary/aromatic N) is 1. The molecule has 0 amide bonds. The SMILES string of the molecule is CC1(C)C2CCC(C(=O)C(F)(F)C(O)c3ccc([N+](=O)[O-])cc3)C1C2. The van der Waals surface area contributed by atoms with Gasteiger partial charge in [0.25, 0.3) is 5.69 Å². The van der Waals surface area contributed by atoms with Crippen molar-refractivity contribution in [2.24, 2.45) is 23.2 Å². The van der Waals surface area contributed by atoms with E-state index in [-0.39, 0.29) is 22.6 Å². The summed E-state index contributed by atoms with van der Waals surface area (Å²) in [5.41, 5.74) is -0.585. The number of halogens is 2. The first kappa shape index (κ1) is 17.9. The largest absolute Gasteiger partial charge is 0.382 e. The number of fused-ring (bicyclic) bond motifs is 2. The van der Waals surface area contributed by atoms with Crippen LogP contribution < -0.4 is 0 Å². The molecule has 5 nitrogen and oxygen atoms in total. The van der Waals surface area contributed by atoms with Crippen LogP contribution >= 0.6 is 0 Å². The minimum absolute atomic E-state index is 0.0753. The number of rotatable bonds is 5. The van der Waals surface area contributed by atoms with Gasteiger partial charge in [0.2, 0.25) is 5.78 Å². The van der Waals surface area contributed by atoms with Crippen molar-refractivity contribution in [3.63, 3.8) is 0 Å². The van der Waals surface area contributed by atoms with Gasteiger partial charge in [0.05, 0.1) is 4.92 Å². The van der Waals surface area contributed by atoms with Crippen molar-refractivity contribution in [2.45, 2.75) is 45.1 Å². The Morgan fingerprint density at radius 1 is 1.32 bits per heavy atom. The Bertz CT molecular complexity index is 700. The second-order valence-electron chi connectivity index (χ2n) is 7.78. The summed E-state index contributed by atoms with van der Waals surface area (Å²) in [5, 5.41) is 20.7. The predicted molar refractivity (Wildman–Crippen MR) is 86.1 cm³/mol. The number of carbonyl (C=O) groups is 1. The van der Waals surface area contributed by atoms with Gasteiger partial charge in [-0.3, -0.25) is 14.9 Å². The molecule has 0 heterocycles. The van der Waals surface area contributed by atoms with Crippen molar-refractivity contribution < 1.29 is 23.6 Å². The third-order valence-corrected chi connectivity index (χ3v) is 6.29. The van der Waals surface area contributed by atoms with E-state index in [9.17, 15) is 28.8 Å². The highest BCUT2D eigenvalue weighted by Gasteiger charge is 2.60. The number of nitro groups is 1. The molecule has 0 saturated heterocycles. The van der Waals surface area contributed by atoms with E-state index in [4.69, 9.17) is 0 Å². The predicted octanol–water partition coefficient (Wildman–Crippen LogP) is 3.90. The molecule has 3 aliphatic rings. The molecule has 2 bridgehead atoms. The van der Waals surface area contributed by atoms with E-state index in [1.807, 2.05) is 13.8 Å². The fourth-order valence-corrected chi connectivity index (χ4v) is 4.49. The highest BCUT2D eigenvalue weighted by Crippen LogP contribution is 2.62. The molecule has 1 aromatic rings. The Labute approximate surface area is 144 Å².